The lowest BCUT2D eigenvalue weighted by Crippen LogP contribution is -2.11. The quantitative estimate of drug-likeness (QED) is 0.255. The number of aliphatic hydroxyl groups excluding tert-OH is 1. The van der Waals surface area contributed by atoms with Crippen LogP contribution in [-0.4, -0.2) is 60.0 Å². The molecule has 8 heteroatoms. The number of benzene rings is 3. The first kappa shape index (κ1) is 37.4. The minimum absolute atomic E-state index is 0.0109. The van der Waals surface area contributed by atoms with Crippen molar-refractivity contribution >= 4 is 0 Å². The highest BCUT2D eigenvalue weighted by molar-refractivity contribution is 5.46. The number of ether oxygens (including phenoxy) is 6. The highest BCUT2D eigenvalue weighted by atomic mass is 19.1. The summed E-state index contributed by atoms with van der Waals surface area (Å²) >= 11 is 0. The van der Waals surface area contributed by atoms with Gasteiger partial charge in [0.2, 0.25) is 0 Å². The summed E-state index contributed by atoms with van der Waals surface area (Å²) in [5.41, 5.74) is 3.73. The summed E-state index contributed by atoms with van der Waals surface area (Å²) in [7, 11) is 6.49. The largest absolute Gasteiger partial charge is 0.493 e. The van der Waals surface area contributed by atoms with Crippen molar-refractivity contribution in [1.82, 2.24) is 0 Å². The average molecular weight is 603 g/mol. The van der Waals surface area contributed by atoms with Crippen LogP contribution < -0.4 is 28.4 Å². The van der Waals surface area contributed by atoms with E-state index in [4.69, 9.17) is 33.5 Å². The third-order valence-corrected chi connectivity index (χ3v) is 6.28. The lowest BCUT2D eigenvalue weighted by molar-refractivity contribution is 0.196. The van der Waals surface area contributed by atoms with Gasteiger partial charge in [-0.3, -0.25) is 0 Å². The van der Waals surface area contributed by atoms with Gasteiger partial charge in [-0.05, 0) is 70.8 Å². The van der Waals surface area contributed by atoms with Crippen LogP contribution in [0.3, 0.4) is 0 Å². The number of hydrogen-bond donors (Lipinski definition) is 1. The van der Waals surface area contributed by atoms with Gasteiger partial charge >= 0.3 is 0 Å². The van der Waals surface area contributed by atoms with Gasteiger partial charge in [-0.15, -0.1) is 0 Å². The number of rotatable bonds is 10. The molecule has 1 N–H and O–H groups in total. The van der Waals surface area contributed by atoms with E-state index in [1.165, 1.54) is 5.56 Å². The number of methoxy groups -OCH3 is 4. The van der Waals surface area contributed by atoms with Gasteiger partial charge in [0.1, 0.15) is 19.9 Å². The van der Waals surface area contributed by atoms with Crippen LogP contribution in [-0.2, 0) is 10.8 Å². The van der Waals surface area contributed by atoms with E-state index in [-0.39, 0.29) is 24.0 Å². The van der Waals surface area contributed by atoms with Crippen molar-refractivity contribution in [3.63, 3.8) is 0 Å². The Kier molecular flexibility index (Phi) is 15.7. The maximum atomic E-state index is 12.0. The predicted molar refractivity (Wildman–Crippen MR) is 172 cm³/mol. The predicted octanol–water partition coefficient (Wildman–Crippen LogP) is 7.72. The van der Waals surface area contributed by atoms with Gasteiger partial charge < -0.3 is 33.5 Å². The standard InChI is InChI=1S/C13H19FO2.C12H18O2.C10H14O3/c1-13(2,3)10-5-6-11(16-8-7-14)12(9-10)15-4;1-12(2,3)9-6-7-10(13-4)11(8-9)14-5;1-8-3-4-9(13-6-5-11)10(7-8)12-2/h5-6,9H,7-8H2,1-4H3;6-8H,1-5H3;3-4,7,11H,5-6H2,1-2H3. The molecule has 0 fully saturated rings. The van der Waals surface area contributed by atoms with E-state index < -0.39 is 6.67 Å². The number of halogens is 1. The van der Waals surface area contributed by atoms with Crippen molar-refractivity contribution in [2.45, 2.75) is 59.3 Å². The molecule has 0 spiro atoms. The third kappa shape index (κ3) is 12.6. The molecular formula is C35H51FO7. The van der Waals surface area contributed by atoms with Gasteiger partial charge in [-0.25, -0.2) is 4.39 Å². The molecular weight excluding hydrogens is 551 g/mol. The third-order valence-electron chi connectivity index (χ3n) is 6.28. The average Bonchev–Trinajstić information content (AvgIpc) is 2.98. The highest BCUT2D eigenvalue weighted by Crippen LogP contribution is 2.34. The monoisotopic (exact) mass is 602 g/mol. The van der Waals surface area contributed by atoms with Gasteiger partial charge in [-0.1, -0.05) is 59.7 Å². The zero-order valence-corrected chi connectivity index (χ0v) is 27.8. The fraction of sp³-hybridized carbons (Fsp3) is 0.486. The molecule has 0 heterocycles. The topological polar surface area (TPSA) is 75.6 Å². The van der Waals surface area contributed by atoms with Crippen molar-refractivity contribution < 1.29 is 37.9 Å². The maximum absolute atomic E-state index is 12.0. The molecule has 3 rings (SSSR count). The number of alkyl halides is 1. The zero-order chi connectivity index (χ0) is 32.6. The molecule has 7 nitrogen and oxygen atoms in total. The van der Waals surface area contributed by atoms with Crippen LogP contribution in [0.5, 0.6) is 34.5 Å². The summed E-state index contributed by atoms with van der Waals surface area (Å²) < 4.78 is 43.3. The Balaban J connectivity index is 0.000000324. The van der Waals surface area contributed by atoms with Crippen LogP contribution in [0.25, 0.3) is 0 Å². The van der Waals surface area contributed by atoms with Crippen molar-refractivity contribution in [3.8, 4) is 34.5 Å². The van der Waals surface area contributed by atoms with Gasteiger partial charge in [0, 0.05) is 0 Å². The normalized spacial score (nSPS) is 10.8. The Bertz CT molecular complexity index is 1230. The molecule has 43 heavy (non-hydrogen) atoms. The number of hydrogen-bond acceptors (Lipinski definition) is 7. The molecule has 0 aliphatic heterocycles. The van der Waals surface area contributed by atoms with E-state index in [0.29, 0.717) is 29.6 Å². The Morgan fingerprint density at radius 1 is 0.558 bits per heavy atom. The van der Waals surface area contributed by atoms with Gasteiger partial charge in [0.15, 0.2) is 34.5 Å². The zero-order valence-electron chi connectivity index (χ0n) is 27.8. The van der Waals surface area contributed by atoms with Gasteiger partial charge in [0.05, 0.1) is 35.0 Å². The first-order valence-electron chi connectivity index (χ1n) is 14.2. The van der Waals surface area contributed by atoms with E-state index in [1.807, 2.05) is 55.5 Å². The molecule has 0 bridgehead atoms. The summed E-state index contributed by atoms with van der Waals surface area (Å²) in [4.78, 5) is 0. The molecule has 0 unspecified atom stereocenters. The van der Waals surface area contributed by atoms with Crippen LogP contribution in [0, 0.1) is 6.92 Å². The molecule has 3 aromatic carbocycles. The van der Waals surface area contributed by atoms with Crippen LogP contribution >= 0.6 is 0 Å². The molecule has 0 amide bonds. The second kappa shape index (κ2) is 18.1. The van der Waals surface area contributed by atoms with E-state index >= 15 is 0 Å². The first-order valence-corrected chi connectivity index (χ1v) is 14.2. The second-order valence-electron chi connectivity index (χ2n) is 11.7. The van der Waals surface area contributed by atoms with Crippen molar-refractivity contribution in [2.75, 3.05) is 54.9 Å². The molecule has 0 aromatic heterocycles. The molecule has 0 aliphatic rings. The molecule has 0 aliphatic carbocycles. The van der Waals surface area contributed by atoms with Gasteiger partial charge in [-0.2, -0.15) is 0 Å². The van der Waals surface area contributed by atoms with E-state index in [2.05, 4.69) is 47.6 Å². The summed E-state index contributed by atoms with van der Waals surface area (Å²) in [5.74, 6) is 4.19. The van der Waals surface area contributed by atoms with Crippen LogP contribution in [0.2, 0.25) is 0 Å². The van der Waals surface area contributed by atoms with Crippen LogP contribution in [0.1, 0.15) is 58.2 Å². The lowest BCUT2D eigenvalue weighted by Gasteiger charge is -2.20. The van der Waals surface area contributed by atoms with Crippen molar-refractivity contribution in [1.29, 1.82) is 0 Å². The van der Waals surface area contributed by atoms with Gasteiger partial charge in [0.25, 0.3) is 0 Å². The molecule has 0 saturated heterocycles. The minimum Gasteiger partial charge on any atom is -0.493 e. The fourth-order valence-electron chi connectivity index (χ4n) is 3.75. The number of aryl methyl sites for hydroxylation is 1. The van der Waals surface area contributed by atoms with Crippen LogP contribution in [0.15, 0.2) is 54.6 Å². The number of aliphatic hydroxyl groups is 1. The van der Waals surface area contributed by atoms with E-state index in [0.717, 1.165) is 22.6 Å². The van der Waals surface area contributed by atoms with Crippen molar-refractivity contribution in [3.05, 3.63) is 71.3 Å². The van der Waals surface area contributed by atoms with Crippen LogP contribution in [0.4, 0.5) is 4.39 Å². The van der Waals surface area contributed by atoms with Crippen molar-refractivity contribution in [2.24, 2.45) is 0 Å². The second-order valence-corrected chi connectivity index (χ2v) is 11.7. The first-order chi connectivity index (χ1) is 20.2. The smallest absolute Gasteiger partial charge is 0.161 e. The molecule has 0 radical (unpaired) electrons. The lowest BCUT2D eigenvalue weighted by atomic mass is 9.87. The highest BCUT2D eigenvalue weighted by Gasteiger charge is 2.17. The van der Waals surface area contributed by atoms with E-state index in [1.54, 1.807) is 28.4 Å². The molecule has 240 valence electrons. The summed E-state index contributed by atoms with van der Waals surface area (Å²) in [6.07, 6.45) is 0. The SMILES string of the molecule is COc1cc(C(C)(C)C)ccc1OCCF.COc1cc(C)ccc1OCCO.COc1ccc(C(C)(C)C)cc1OC. The Morgan fingerprint density at radius 3 is 1.37 bits per heavy atom. The summed E-state index contributed by atoms with van der Waals surface area (Å²) in [6.45, 7) is 14.8. The summed E-state index contributed by atoms with van der Waals surface area (Å²) in [6, 6.07) is 17.5. The maximum Gasteiger partial charge on any atom is 0.161 e. The Hall–Kier alpha value is -3.65. The molecule has 0 atom stereocenters. The van der Waals surface area contributed by atoms with E-state index in [9.17, 15) is 4.39 Å². The Morgan fingerprint density at radius 2 is 0.953 bits per heavy atom. The summed E-state index contributed by atoms with van der Waals surface area (Å²) in [5, 5.41) is 8.58. The molecule has 0 saturated carbocycles. The Labute approximate surface area is 257 Å². The minimum atomic E-state index is -0.496. The fourth-order valence-corrected chi connectivity index (χ4v) is 3.75. The molecule has 3 aromatic rings.